The van der Waals surface area contributed by atoms with Crippen LogP contribution in [0.15, 0.2) is 36.5 Å². The van der Waals surface area contributed by atoms with Crippen LogP contribution in [-0.4, -0.2) is 46.4 Å². The molecule has 2 heterocycles. The maximum Gasteiger partial charge on any atom is 0.254 e. The molecule has 6 nitrogen and oxygen atoms in total. The first-order chi connectivity index (χ1) is 13.1. The molecule has 0 bridgehead atoms. The zero-order chi connectivity index (χ0) is 19.2. The zero-order valence-corrected chi connectivity index (χ0v) is 15.4. The Morgan fingerprint density at radius 3 is 3.00 bits per heavy atom. The Balaban J connectivity index is 1.65. The molecule has 0 saturated carbocycles. The summed E-state index contributed by atoms with van der Waals surface area (Å²) in [5.74, 6) is 0.296. The minimum Gasteiger partial charge on any atom is -0.507 e. The van der Waals surface area contributed by atoms with Gasteiger partial charge in [0.2, 0.25) is 0 Å². The quantitative estimate of drug-likeness (QED) is 0.791. The number of benzene rings is 1. The molecule has 6 heteroatoms. The number of ether oxygens (including phenoxy) is 1. The lowest BCUT2D eigenvalue weighted by Crippen LogP contribution is -2.44. The molecule has 1 atom stereocenters. The van der Waals surface area contributed by atoms with Crippen molar-refractivity contribution in [2.75, 3.05) is 13.2 Å². The fraction of sp³-hybridized carbons (Fsp3) is 0.381. The van der Waals surface area contributed by atoms with Gasteiger partial charge in [-0.15, -0.1) is 0 Å². The number of phenolic OH excluding ortho intramolecular Hbond substituents is 1. The summed E-state index contributed by atoms with van der Waals surface area (Å²) in [6.45, 7) is 2.98. The first-order valence-corrected chi connectivity index (χ1v) is 9.23. The number of rotatable bonds is 6. The van der Waals surface area contributed by atoms with Crippen molar-refractivity contribution in [2.24, 2.45) is 0 Å². The average molecular weight is 368 g/mol. The SMILES string of the molecule is Cc1cc(C(=O)N2CCCC[C@H]2CCOc2cccc(O)c2C=O)ccn1. The Kier molecular flexibility index (Phi) is 6.06. The second kappa shape index (κ2) is 8.66. The van der Waals surface area contributed by atoms with E-state index in [-0.39, 0.29) is 23.3 Å². The van der Waals surface area contributed by atoms with Crippen molar-refractivity contribution in [3.05, 3.63) is 53.3 Å². The van der Waals surface area contributed by atoms with E-state index in [1.807, 2.05) is 17.9 Å². The van der Waals surface area contributed by atoms with Gasteiger partial charge in [0, 0.05) is 36.5 Å². The fourth-order valence-corrected chi connectivity index (χ4v) is 3.49. The molecular weight excluding hydrogens is 344 g/mol. The van der Waals surface area contributed by atoms with Crippen LogP contribution in [0.5, 0.6) is 11.5 Å². The summed E-state index contributed by atoms with van der Waals surface area (Å²) < 4.78 is 5.73. The maximum atomic E-state index is 12.9. The molecule has 1 aliphatic heterocycles. The van der Waals surface area contributed by atoms with Gasteiger partial charge in [-0.2, -0.15) is 0 Å². The zero-order valence-electron chi connectivity index (χ0n) is 15.4. The number of carbonyl (C=O) groups excluding carboxylic acids is 2. The van der Waals surface area contributed by atoms with E-state index in [1.54, 1.807) is 24.4 Å². The Hall–Kier alpha value is -2.89. The Morgan fingerprint density at radius 2 is 2.22 bits per heavy atom. The summed E-state index contributed by atoms with van der Waals surface area (Å²) in [6, 6.07) is 8.41. The van der Waals surface area contributed by atoms with Crippen LogP contribution in [0.2, 0.25) is 0 Å². The highest BCUT2D eigenvalue weighted by molar-refractivity contribution is 5.94. The largest absolute Gasteiger partial charge is 0.507 e. The molecule has 2 aromatic rings. The smallest absolute Gasteiger partial charge is 0.254 e. The molecule has 0 radical (unpaired) electrons. The molecule has 1 saturated heterocycles. The number of hydrogen-bond acceptors (Lipinski definition) is 5. The van der Waals surface area contributed by atoms with Crippen LogP contribution in [0.3, 0.4) is 0 Å². The van der Waals surface area contributed by atoms with Crippen LogP contribution in [0.1, 0.15) is 52.1 Å². The molecule has 27 heavy (non-hydrogen) atoms. The Bertz CT molecular complexity index is 822. The van der Waals surface area contributed by atoms with Crippen molar-refractivity contribution in [2.45, 2.75) is 38.6 Å². The molecule has 1 aromatic heterocycles. The number of aromatic nitrogens is 1. The number of amides is 1. The third-order valence-corrected chi connectivity index (χ3v) is 4.90. The van der Waals surface area contributed by atoms with Crippen molar-refractivity contribution in [1.29, 1.82) is 0 Å². The average Bonchev–Trinajstić information content (AvgIpc) is 2.68. The highest BCUT2D eigenvalue weighted by Gasteiger charge is 2.27. The van der Waals surface area contributed by atoms with Gasteiger partial charge < -0.3 is 14.7 Å². The molecule has 1 fully saturated rings. The number of piperidine rings is 1. The van der Waals surface area contributed by atoms with Crippen molar-refractivity contribution in [3.8, 4) is 11.5 Å². The van der Waals surface area contributed by atoms with Gasteiger partial charge in [-0.25, -0.2) is 0 Å². The van der Waals surface area contributed by atoms with Gasteiger partial charge in [0.15, 0.2) is 6.29 Å². The minimum atomic E-state index is -0.0926. The van der Waals surface area contributed by atoms with E-state index in [0.29, 0.717) is 30.6 Å². The normalized spacial score (nSPS) is 16.8. The van der Waals surface area contributed by atoms with Gasteiger partial charge in [0.05, 0.1) is 12.2 Å². The number of hydrogen-bond donors (Lipinski definition) is 1. The monoisotopic (exact) mass is 368 g/mol. The maximum absolute atomic E-state index is 12.9. The number of phenols is 1. The topological polar surface area (TPSA) is 79.7 Å². The van der Waals surface area contributed by atoms with Crippen molar-refractivity contribution < 1.29 is 19.4 Å². The molecule has 1 N–H and O–H groups in total. The van der Waals surface area contributed by atoms with Crippen molar-refractivity contribution in [1.82, 2.24) is 9.88 Å². The molecule has 3 rings (SSSR count). The second-order valence-electron chi connectivity index (χ2n) is 6.78. The third-order valence-electron chi connectivity index (χ3n) is 4.90. The molecule has 1 amide bonds. The van der Waals surface area contributed by atoms with Crippen LogP contribution in [-0.2, 0) is 0 Å². The molecule has 1 aliphatic rings. The van der Waals surface area contributed by atoms with Gasteiger partial charge >= 0.3 is 0 Å². The van der Waals surface area contributed by atoms with E-state index in [4.69, 9.17) is 4.74 Å². The fourth-order valence-electron chi connectivity index (χ4n) is 3.49. The van der Waals surface area contributed by atoms with E-state index in [1.165, 1.54) is 6.07 Å². The van der Waals surface area contributed by atoms with Crippen molar-refractivity contribution >= 4 is 12.2 Å². The molecule has 0 unspecified atom stereocenters. The molecular formula is C21H24N2O4. The first-order valence-electron chi connectivity index (χ1n) is 9.23. The summed E-state index contributed by atoms with van der Waals surface area (Å²) in [4.78, 5) is 30.1. The summed E-state index contributed by atoms with van der Waals surface area (Å²) in [7, 11) is 0. The van der Waals surface area contributed by atoms with Crippen molar-refractivity contribution in [3.63, 3.8) is 0 Å². The lowest BCUT2D eigenvalue weighted by atomic mass is 9.98. The number of pyridine rings is 1. The number of aromatic hydroxyl groups is 1. The Labute approximate surface area is 158 Å². The number of nitrogens with zero attached hydrogens (tertiary/aromatic N) is 2. The van der Waals surface area contributed by atoms with Crippen LogP contribution in [0.4, 0.5) is 0 Å². The molecule has 0 spiro atoms. The first kappa shape index (κ1) is 18.9. The summed E-state index contributed by atoms with van der Waals surface area (Å²) in [5, 5.41) is 9.73. The number of aryl methyl sites for hydroxylation is 1. The highest BCUT2D eigenvalue weighted by atomic mass is 16.5. The van der Waals surface area contributed by atoms with Crippen LogP contribution in [0.25, 0.3) is 0 Å². The summed E-state index contributed by atoms with van der Waals surface area (Å²) in [6.07, 6.45) is 5.92. The van der Waals surface area contributed by atoms with Gasteiger partial charge in [0.1, 0.15) is 11.5 Å². The number of likely N-dealkylation sites (tertiary alicyclic amines) is 1. The predicted molar refractivity (Wildman–Crippen MR) is 101 cm³/mol. The third kappa shape index (κ3) is 4.45. The summed E-state index contributed by atoms with van der Waals surface area (Å²) in [5.41, 5.74) is 1.64. The van der Waals surface area contributed by atoms with E-state index < -0.39 is 0 Å². The predicted octanol–water partition coefficient (Wildman–Crippen LogP) is 3.37. The standard InChI is InChI=1S/C21H24N2O4/c1-15-13-16(8-10-22-15)21(26)23-11-3-2-5-17(23)9-12-27-20-7-4-6-19(25)18(20)14-24/h4,6-8,10,13-14,17,25H,2-3,5,9,11-12H2,1H3/t17-/m0/s1. The lowest BCUT2D eigenvalue weighted by Gasteiger charge is -2.36. The van der Waals surface area contributed by atoms with E-state index >= 15 is 0 Å². The highest BCUT2D eigenvalue weighted by Crippen LogP contribution is 2.27. The van der Waals surface area contributed by atoms with Crippen LogP contribution < -0.4 is 4.74 Å². The van der Waals surface area contributed by atoms with Gasteiger partial charge in [0.25, 0.3) is 5.91 Å². The van der Waals surface area contributed by atoms with Crippen LogP contribution >= 0.6 is 0 Å². The molecule has 0 aliphatic carbocycles. The van der Waals surface area contributed by atoms with Gasteiger partial charge in [-0.05, 0) is 50.5 Å². The van der Waals surface area contributed by atoms with E-state index in [2.05, 4.69) is 4.98 Å². The molecule has 1 aromatic carbocycles. The van der Waals surface area contributed by atoms with E-state index in [0.717, 1.165) is 31.5 Å². The molecule has 142 valence electrons. The van der Waals surface area contributed by atoms with Gasteiger partial charge in [-0.3, -0.25) is 14.6 Å². The van der Waals surface area contributed by atoms with Gasteiger partial charge in [-0.1, -0.05) is 6.07 Å². The number of carbonyl (C=O) groups is 2. The lowest BCUT2D eigenvalue weighted by molar-refractivity contribution is 0.0580. The van der Waals surface area contributed by atoms with E-state index in [9.17, 15) is 14.7 Å². The second-order valence-corrected chi connectivity index (χ2v) is 6.78. The number of aldehydes is 1. The summed E-state index contributed by atoms with van der Waals surface area (Å²) >= 11 is 0. The Morgan fingerprint density at radius 1 is 1.37 bits per heavy atom. The van der Waals surface area contributed by atoms with Crippen LogP contribution in [0, 0.1) is 6.92 Å². The minimum absolute atomic E-state index is 0.0242.